The molecule has 0 spiro atoms. The predicted molar refractivity (Wildman–Crippen MR) is 140 cm³/mol. The van der Waals surface area contributed by atoms with Gasteiger partial charge in [0.1, 0.15) is 0 Å². The molecule has 2 aromatic carbocycles. The zero-order valence-electron chi connectivity index (χ0n) is 20.1. The number of hydrogen-bond acceptors (Lipinski definition) is 11. The number of non-ortho nitro benzene ring substituents is 1. The van der Waals surface area contributed by atoms with Crippen LogP contribution in [0.5, 0.6) is 0 Å². The van der Waals surface area contributed by atoms with E-state index in [9.17, 15) is 10.1 Å². The van der Waals surface area contributed by atoms with Gasteiger partial charge in [-0.25, -0.2) is 5.43 Å². The summed E-state index contributed by atoms with van der Waals surface area (Å²) < 4.78 is 5.41. The molecular weight excluding hydrogens is 504 g/mol. The van der Waals surface area contributed by atoms with Crippen molar-refractivity contribution in [2.24, 2.45) is 5.10 Å². The van der Waals surface area contributed by atoms with Gasteiger partial charge in [-0.3, -0.25) is 14.9 Å². The zero-order valence-corrected chi connectivity index (χ0v) is 20.8. The number of carboxylic acids is 1. The number of ether oxygens (including phenoxy) is 1. The van der Waals surface area contributed by atoms with Gasteiger partial charge < -0.3 is 20.1 Å². The number of morpholine rings is 1. The minimum absolute atomic E-state index is 0.0136. The molecule has 0 amide bonds. The van der Waals surface area contributed by atoms with E-state index in [4.69, 9.17) is 26.2 Å². The summed E-state index contributed by atoms with van der Waals surface area (Å²) in [4.78, 5) is 34.7. The van der Waals surface area contributed by atoms with Gasteiger partial charge in [-0.1, -0.05) is 17.7 Å². The number of hydrogen-bond donors (Lipinski definition) is 3. The molecule has 2 heterocycles. The molecule has 0 saturated carbocycles. The summed E-state index contributed by atoms with van der Waals surface area (Å²) in [6.45, 7) is 5.50. The quantitative estimate of drug-likeness (QED) is 0.231. The maximum absolute atomic E-state index is 10.8. The molecule has 0 bridgehead atoms. The second kappa shape index (κ2) is 13.1. The number of halogens is 1. The van der Waals surface area contributed by atoms with Crippen LogP contribution in [0, 0.1) is 17.0 Å². The molecule has 1 aliphatic heterocycles. The van der Waals surface area contributed by atoms with Crippen LogP contribution < -0.4 is 15.6 Å². The Labute approximate surface area is 217 Å². The lowest BCUT2D eigenvalue weighted by Crippen LogP contribution is -2.37. The van der Waals surface area contributed by atoms with Crippen molar-refractivity contribution >= 4 is 53.0 Å². The number of rotatable bonds is 7. The molecule has 1 aromatic heterocycles. The molecule has 0 aliphatic carbocycles. The highest BCUT2D eigenvalue weighted by Crippen LogP contribution is 2.23. The maximum atomic E-state index is 10.8. The van der Waals surface area contributed by atoms with Crippen LogP contribution >= 0.6 is 11.6 Å². The number of nitro benzene ring substituents is 1. The lowest BCUT2D eigenvalue weighted by Gasteiger charge is -2.27. The molecule has 0 atom stereocenters. The number of aryl methyl sites for hydroxylation is 1. The van der Waals surface area contributed by atoms with Gasteiger partial charge in [0.15, 0.2) is 0 Å². The Morgan fingerprint density at radius 1 is 1.16 bits per heavy atom. The van der Waals surface area contributed by atoms with Crippen LogP contribution in [0.15, 0.2) is 47.6 Å². The first-order valence-corrected chi connectivity index (χ1v) is 11.4. The van der Waals surface area contributed by atoms with E-state index in [1.807, 2.05) is 24.0 Å². The number of carbonyl (C=O) groups is 1. The predicted octanol–water partition coefficient (Wildman–Crippen LogP) is 3.86. The van der Waals surface area contributed by atoms with Crippen LogP contribution in [0.3, 0.4) is 0 Å². The van der Waals surface area contributed by atoms with E-state index in [-0.39, 0.29) is 11.6 Å². The summed E-state index contributed by atoms with van der Waals surface area (Å²) in [5.74, 6) is 0.229. The SMILES string of the molecule is CC(=O)O.Cc1ccc(Nc2nc(NN=Cc3ccc([N+](=O)[O-])cc3)nc(N3CCOCC3)n2)cc1Cl. The second-order valence-corrected chi connectivity index (χ2v) is 8.12. The third-order valence-electron chi connectivity index (χ3n) is 4.83. The number of carboxylic acid groups (broad SMARTS) is 1. The number of nitro groups is 1. The zero-order chi connectivity index (χ0) is 26.8. The fourth-order valence-electron chi connectivity index (χ4n) is 3.02. The van der Waals surface area contributed by atoms with Gasteiger partial charge in [-0.05, 0) is 42.3 Å². The standard InChI is InChI=1S/C21H21ClN8O3.C2H4O2/c1-14-2-5-16(12-18(14)22)24-19-25-20(27-21(26-19)29-8-10-33-11-9-29)28-23-13-15-3-6-17(7-4-15)30(31)32;1-2(3)4/h2-7,12-13H,8-11H2,1H3,(H2,24,25,26,27,28);1H3,(H,3,4). The number of aromatic nitrogens is 3. The van der Waals surface area contributed by atoms with E-state index in [2.05, 4.69) is 30.8 Å². The van der Waals surface area contributed by atoms with Gasteiger partial charge in [0, 0.05) is 42.9 Å². The highest BCUT2D eigenvalue weighted by molar-refractivity contribution is 6.31. The van der Waals surface area contributed by atoms with Crippen molar-refractivity contribution in [1.29, 1.82) is 0 Å². The first kappa shape index (κ1) is 27.2. The molecule has 1 fully saturated rings. The first-order valence-electron chi connectivity index (χ1n) is 11.1. The van der Waals surface area contributed by atoms with Gasteiger partial charge in [0.2, 0.25) is 17.8 Å². The summed E-state index contributed by atoms with van der Waals surface area (Å²) in [6, 6.07) is 11.6. The Morgan fingerprint density at radius 2 is 1.81 bits per heavy atom. The maximum Gasteiger partial charge on any atom is 0.300 e. The average Bonchev–Trinajstić information content (AvgIpc) is 2.87. The fourth-order valence-corrected chi connectivity index (χ4v) is 3.20. The van der Waals surface area contributed by atoms with Crippen LogP contribution in [0.2, 0.25) is 5.02 Å². The van der Waals surface area contributed by atoms with E-state index >= 15 is 0 Å². The lowest BCUT2D eigenvalue weighted by atomic mass is 10.2. The van der Waals surface area contributed by atoms with Crippen molar-refractivity contribution in [2.75, 3.05) is 41.9 Å². The summed E-state index contributed by atoms with van der Waals surface area (Å²) >= 11 is 6.23. The Kier molecular flexibility index (Phi) is 9.63. The number of hydrazone groups is 1. The highest BCUT2D eigenvalue weighted by Gasteiger charge is 2.17. The molecule has 0 radical (unpaired) electrons. The van der Waals surface area contributed by atoms with Gasteiger partial charge in [-0.2, -0.15) is 20.1 Å². The molecule has 3 aromatic rings. The van der Waals surface area contributed by atoms with Gasteiger partial charge in [-0.15, -0.1) is 0 Å². The summed E-state index contributed by atoms with van der Waals surface area (Å²) in [7, 11) is 0. The molecule has 3 N–H and O–H groups in total. The van der Waals surface area contributed by atoms with Crippen LogP contribution in [0.4, 0.5) is 29.2 Å². The van der Waals surface area contributed by atoms with E-state index in [0.717, 1.165) is 18.2 Å². The van der Waals surface area contributed by atoms with Crippen LogP contribution in [0.25, 0.3) is 0 Å². The van der Waals surface area contributed by atoms with Crippen LogP contribution in [0.1, 0.15) is 18.1 Å². The fraction of sp³-hybridized carbons (Fsp3) is 0.261. The van der Waals surface area contributed by atoms with Gasteiger partial charge in [0.25, 0.3) is 11.7 Å². The van der Waals surface area contributed by atoms with E-state index in [0.29, 0.717) is 48.8 Å². The lowest BCUT2D eigenvalue weighted by molar-refractivity contribution is -0.384. The monoisotopic (exact) mass is 528 g/mol. The summed E-state index contributed by atoms with van der Waals surface area (Å²) in [5.41, 5.74) is 5.21. The van der Waals surface area contributed by atoms with E-state index < -0.39 is 10.9 Å². The van der Waals surface area contributed by atoms with Crippen molar-refractivity contribution in [1.82, 2.24) is 15.0 Å². The van der Waals surface area contributed by atoms with Crippen molar-refractivity contribution in [3.8, 4) is 0 Å². The van der Waals surface area contributed by atoms with Gasteiger partial charge in [0.05, 0.1) is 24.4 Å². The first-order chi connectivity index (χ1) is 17.7. The Bertz CT molecular complexity index is 1260. The smallest absolute Gasteiger partial charge is 0.300 e. The molecule has 37 heavy (non-hydrogen) atoms. The molecule has 13 nitrogen and oxygen atoms in total. The van der Waals surface area contributed by atoms with Gasteiger partial charge >= 0.3 is 0 Å². The Morgan fingerprint density at radius 3 is 2.43 bits per heavy atom. The van der Waals surface area contributed by atoms with E-state index in [1.54, 1.807) is 18.2 Å². The average molecular weight is 529 g/mol. The summed E-state index contributed by atoms with van der Waals surface area (Å²) in [5, 5.41) is 26.1. The molecular formula is C23H25ClN8O5. The number of anilines is 4. The minimum Gasteiger partial charge on any atom is -0.481 e. The highest BCUT2D eigenvalue weighted by atomic mass is 35.5. The summed E-state index contributed by atoms with van der Waals surface area (Å²) in [6.07, 6.45) is 1.52. The Balaban J connectivity index is 0.000000886. The van der Waals surface area contributed by atoms with Crippen molar-refractivity contribution in [3.63, 3.8) is 0 Å². The molecule has 194 valence electrons. The largest absolute Gasteiger partial charge is 0.481 e. The molecule has 1 aliphatic rings. The van der Waals surface area contributed by atoms with Crippen LogP contribution in [-0.2, 0) is 9.53 Å². The molecule has 4 rings (SSSR count). The number of aliphatic carboxylic acids is 1. The number of nitrogens with zero attached hydrogens (tertiary/aromatic N) is 6. The number of nitrogens with one attached hydrogen (secondary N) is 2. The van der Waals surface area contributed by atoms with E-state index in [1.165, 1.54) is 18.3 Å². The van der Waals surface area contributed by atoms with Crippen LogP contribution in [-0.4, -0.2) is 63.5 Å². The molecule has 14 heteroatoms. The normalized spacial score (nSPS) is 13.0. The topological polar surface area (TPSA) is 168 Å². The van der Waals surface area contributed by atoms with Crippen molar-refractivity contribution < 1.29 is 19.6 Å². The second-order valence-electron chi connectivity index (χ2n) is 7.71. The van der Waals surface area contributed by atoms with Crippen molar-refractivity contribution in [2.45, 2.75) is 13.8 Å². The third kappa shape index (κ3) is 8.66. The molecule has 1 saturated heterocycles. The third-order valence-corrected chi connectivity index (χ3v) is 5.23. The number of benzene rings is 2. The molecule has 0 unspecified atom stereocenters. The Hall–Kier alpha value is -4.36. The van der Waals surface area contributed by atoms with Crippen molar-refractivity contribution in [3.05, 3.63) is 68.7 Å². The minimum atomic E-state index is -0.833.